The zero-order chi connectivity index (χ0) is 65.8. The van der Waals surface area contributed by atoms with Gasteiger partial charge in [-0.2, -0.15) is 9.97 Å². The number of anilines is 2. The molecule has 2 N–H and O–H groups in total. The molecule has 8 aliphatic heterocycles. The van der Waals surface area contributed by atoms with Gasteiger partial charge in [0.2, 0.25) is 11.8 Å². The average Bonchev–Trinajstić information content (AvgIpc) is 1.57. The van der Waals surface area contributed by atoms with Crippen molar-refractivity contribution in [3.8, 4) is 0 Å². The van der Waals surface area contributed by atoms with Crippen LogP contribution in [0.3, 0.4) is 0 Å². The van der Waals surface area contributed by atoms with Crippen LogP contribution in [0.2, 0.25) is 25.2 Å². The zero-order valence-corrected chi connectivity index (χ0v) is 59.4. The molecule has 94 heavy (non-hydrogen) atoms. The van der Waals surface area contributed by atoms with Crippen LogP contribution in [0.5, 0.6) is 0 Å². The fourth-order valence-corrected chi connectivity index (χ4v) is 27.3. The number of carbonyl (C=O) groups excluding carboxylic acids is 2. The van der Waals surface area contributed by atoms with Gasteiger partial charge in [0, 0.05) is 60.5 Å². The Hall–Kier alpha value is -5.53. The summed E-state index contributed by atoms with van der Waals surface area (Å²) in [6, 6.07) is 46.2. The number of nitrogens with zero attached hydrogens (tertiary/aromatic N) is 6. The van der Waals surface area contributed by atoms with Crippen LogP contribution < -0.4 is 42.8 Å². The van der Waals surface area contributed by atoms with E-state index in [0.717, 1.165) is 50.9 Å². The van der Waals surface area contributed by atoms with Crippen LogP contribution in [0, 0.1) is 25.7 Å². The molecule has 8 fully saturated rings. The van der Waals surface area contributed by atoms with E-state index >= 15 is 0 Å². The number of fused-ring (bicyclic) bond motifs is 6. The minimum atomic E-state index is -2.14. The van der Waals surface area contributed by atoms with Crippen molar-refractivity contribution < 1.29 is 46.6 Å². The summed E-state index contributed by atoms with van der Waals surface area (Å²) in [6.45, 7) is 22.6. The molecule has 500 valence electrons. The number of aryl methyl sites for hydroxylation is 2. The third-order valence-corrected chi connectivity index (χ3v) is 33.4. The fraction of sp³-hybridized carbons (Fsp3) is 0.514. The van der Waals surface area contributed by atoms with Gasteiger partial charge < -0.3 is 47.7 Å². The zero-order valence-electron chi connectivity index (χ0n) is 55.6. The van der Waals surface area contributed by atoms with E-state index in [0.29, 0.717) is 49.3 Å². The van der Waals surface area contributed by atoms with Crippen molar-refractivity contribution >= 4 is 77.4 Å². The summed E-state index contributed by atoms with van der Waals surface area (Å²) < 4.78 is 61.8. The van der Waals surface area contributed by atoms with Crippen LogP contribution in [0.4, 0.5) is 11.6 Å². The van der Waals surface area contributed by atoms with Crippen molar-refractivity contribution in [1.82, 2.24) is 28.4 Å². The van der Waals surface area contributed by atoms with E-state index in [1.165, 1.54) is 29.9 Å². The van der Waals surface area contributed by atoms with Crippen LogP contribution in [-0.2, 0) is 46.6 Å². The summed E-state index contributed by atoms with van der Waals surface area (Å²) >= 11 is 0. The highest BCUT2D eigenvalue weighted by molar-refractivity contribution is 7.45. The maximum absolute atomic E-state index is 13.3. The number of carbonyl (C=O) groups is 2. The Morgan fingerprint density at radius 3 is 1.23 bits per heavy atom. The molecule has 10 heterocycles. The molecule has 14 atom stereocenters. The van der Waals surface area contributed by atoms with Gasteiger partial charge in [-0.3, -0.25) is 18.7 Å². The third-order valence-electron chi connectivity index (χ3n) is 21.0. The molecular weight excluding hydrogens is 1260 g/mol. The van der Waals surface area contributed by atoms with Gasteiger partial charge >= 0.3 is 11.4 Å². The largest absolute Gasteiger partial charge is 0.368 e. The molecule has 0 aliphatic carbocycles. The Morgan fingerprint density at radius 1 is 0.574 bits per heavy atom. The van der Waals surface area contributed by atoms with E-state index in [4.69, 9.17) is 37.0 Å². The van der Waals surface area contributed by atoms with Gasteiger partial charge in [0.1, 0.15) is 63.4 Å². The molecule has 4 bridgehead atoms. The maximum atomic E-state index is 13.3. The molecule has 2 unspecified atom stereocenters. The number of nitrogens with one attached hydrogen (secondary N) is 2. The predicted molar refractivity (Wildman–Crippen MR) is 369 cm³/mol. The summed E-state index contributed by atoms with van der Waals surface area (Å²) in [4.78, 5) is 59.6. The first kappa shape index (κ1) is 67.1. The predicted octanol–water partition coefficient (Wildman–Crippen LogP) is 9.18. The lowest BCUT2D eigenvalue weighted by Crippen LogP contribution is -2.58. The Balaban J connectivity index is 0.000000171. The number of amides is 2. The van der Waals surface area contributed by atoms with Crippen LogP contribution in [0.1, 0.15) is 104 Å². The number of hydrogen-bond acceptors (Lipinski definition) is 16. The molecule has 0 radical (unpaired) electrons. The Kier molecular flexibility index (Phi) is 19.6. The summed E-state index contributed by atoms with van der Waals surface area (Å²) in [5.74, 6) is -0.312. The normalized spacial score (nSPS) is 30.3. The Morgan fingerprint density at radius 2 is 0.915 bits per heavy atom. The number of hydrogen-bond donors (Lipinski definition) is 2. The molecular formula is C70H90N8O12P2Si2. The molecule has 20 nitrogen and oxygen atoms in total. The van der Waals surface area contributed by atoms with E-state index in [2.05, 4.69) is 178 Å². The van der Waals surface area contributed by atoms with Crippen LogP contribution >= 0.6 is 17.1 Å². The van der Waals surface area contributed by atoms with Crippen molar-refractivity contribution in [1.29, 1.82) is 0 Å². The maximum Gasteiger partial charge on any atom is 0.351 e. The molecule has 2 amide bonds. The standard InChI is InChI=1S/2C35H45N4O6PSi/c2*1-6-35-22-42-29(33(43-35)38-20-24(4)31(37-34(38)41)36-32(40)23(2)3)30(35)45-46-39-19-13-18-27(39)28(44-46)21-47(5,25-14-9-7-10-15-25)26-16-11-8-12-17-26/h2*7-12,14-17,20,23,27-30,33H,6,13,18-19,21-22H2,1-5H3,(H,36,37,40,41)/t27-,28+,29+,30?,33-,35+,46+;27-,28+,29-,30?,33+,35-,46+/m10/s1. The number of benzene rings is 4. The van der Waals surface area contributed by atoms with E-state index in [9.17, 15) is 19.2 Å². The number of rotatable bonds is 20. The molecule has 14 rings (SSSR count). The lowest BCUT2D eigenvalue weighted by Gasteiger charge is -2.32. The highest BCUT2D eigenvalue weighted by Crippen LogP contribution is 2.63. The molecule has 0 spiro atoms. The van der Waals surface area contributed by atoms with Gasteiger partial charge in [0.25, 0.3) is 17.1 Å². The van der Waals surface area contributed by atoms with Gasteiger partial charge in [0.15, 0.2) is 12.5 Å². The first-order valence-electron chi connectivity index (χ1n) is 33.7. The molecule has 6 aromatic rings. The molecule has 24 heteroatoms. The minimum absolute atomic E-state index is 0.0537. The molecule has 8 aliphatic rings. The van der Waals surface area contributed by atoms with Crippen molar-refractivity contribution in [2.24, 2.45) is 11.8 Å². The molecule has 8 saturated heterocycles. The Bertz CT molecular complexity index is 3490. The highest BCUT2D eigenvalue weighted by atomic mass is 31.2. The quantitative estimate of drug-likeness (QED) is 0.0539. The van der Waals surface area contributed by atoms with Gasteiger partial charge in [-0.1, -0.05) is 197 Å². The van der Waals surface area contributed by atoms with E-state index in [1.54, 1.807) is 40.1 Å². The highest BCUT2D eigenvalue weighted by Gasteiger charge is 2.66. The SMILES string of the molecule is CC[C@]12CO[C@@H](C1O[P@@]1O[C@H](C[Si](C)(c3ccccc3)c3ccccc3)[C@@H]3CCCN31)[C@H](n1cc(C)c(NC(=O)C(C)C)nc1=O)O2.CC[C@]12CO[C@@H](C1O[P@]1O[C@@H](C[Si](C)(c3ccccc3)c3ccccc3)[C@H]3CCCN31)[C@H](n1cc(C)c(NC(=O)C(C)C)nc1=O)O2. The lowest BCUT2D eigenvalue weighted by atomic mass is 9.96. The van der Waals surface area contributed by atoms with Crippen molar-refractivity contribution in [2.45, 2.75) is 191 Å². The first-order chi connectivity index (χ1) is 45.3. The first-order valence-corrected chi connectivity index (χ1v) is 41.4. The van der Waals surface area contributed by atoms with Crippen LogP contribution in [-0.4, -0.2) is 143 Å². The summed E-state index contributed by atoms with van der Waals surface area (Å²) in [7, 11) is -7.00. The minimum Gasteiger partial charge on any atom is -0.368 e. The summed E-state index contributed by atoms with van der Waals surface area (Å²) in [5, 5.41) is 11.2. The van der Waals surface area contributed by atoms with Crippen molar-refractivity contribution in [3.63, 3.8) is 0 Å². The second-order valence-electron chi connectivity index (χ2n) is 27.7. The number of aromatic nitrogens is 4. The van der Waals surface area contributed by atoms with Crippen LogP contribution in [0.25, 0.3) is 0 Å². The topological polar surface area (TPSA) is 208 Å². The number of ether oxygens (including phenoxy) is 4. The van der Waals surface area contributed by atoms with Gasteiger partial charge in [-0.25, -0.2) is 18.9 Å². The summed E-state index contributed by atoms with van der Waals surface area (Å²) in [6.07, 6.45) is 6.05. The third kappa shape index (κ3) is 12.5. The van der Waals surface area contributed by atoms with Gasteiger partial charge in [-0.15, -0.1) is 0 Å². The van der Waals surface area contributed by atoms with Gasteiger partial charge in [-0.05, 0) is 64.5 Å². The van der Waals surface area contributed by atoms with Crippen LogP contribution in [0.15, 0.2) is 143 Å². The van der Waals surface area contributed by atoms with E-state index in [-0.39, 0.29) is 47.5 Å². The molecule has 0 saturated carbocycles. The fourth-order valence-electron chi connectivity index (χ4n) is 15.2. The van der Waals surface area contributed by atoms with E-state index in [1.807, 2.05) is 13.8 Å². The second-order valence-corrected chi connectivity index (χ2v) is 39.0. The average molecular weight is 1350 g/mol. The monoisotopic (exact) mass is 1350 g/mol. The summed E-state index contributed by atoms with van der Waals surface area (Å²) in [5.41, 5.74) is -1.08. The van der Waals surface area contributed by atoms with Gasteiger partial charge in [0.05, 0.1) is 25.4 Å². The van der Waals surface area contributed by atoms with Crippen molar-refractivity contribution in [3.05, 3.63) is 166 Å². The molecule has 2 aromatic heterocycles. The lowest BCUT2D eigenvalue weighted by molar-refractivity contribution is -0.175. The van der Waals surface area contributed by atoms with Crippen molar-refractivity contribution in [2.75, 3.05) is 36.9 Å². The smallest absolute Gasteiger partial charge is 0.351 e. The van der Waals surface area contributed by atoms with E-state index < -0.39 is 92.7 Å². The second kappa shape index (κ2) is 27.4. The Labute approximate surface area is 555 Å². The molecule has 4 aromatic carbocycles.